The number of benzene rings is 1. The molecule has 1 aromatic rings. The summed E-state index contributed by atoms with van der Waals surface area (Å²) < 4.78 is 16.4. The monoisotopic (exact) mass is 480 g/mol. The third-order valence-electron chi connectivity index (χ3n) is 3.42. The van der Waals surface area contributed by atoms with Crippen molar-refractivity contribution in [1.29, 1.82) is 0 Å². The molecule has 0 heterocycles. The Bertz CT molecular complexity index is 562. The molecule has 0 amide bonds. The van der Waals surface area contributed by atoms with Gasteiger partial charge < -0.3 is 19.1 Å². The molecular formula is C18H26IO5P. The smallest absolute Gasteiger partial charge is 0.330 e. The first-order valence-electron chi connectivity index (χ1n) is 8.12. The second-order valence-electron chi connectivity index (χ2n) is 5.99. The molecule has 0 spiro atoms. The van der Waals surface area contributed by atoms with Crippen LogP contribution in [-0.4, -0.2) is 36.5 Å². The summed E-state index contributed by atoms with van der Waals surface area (Å²) in [6.45, 7) is 6.63. The second-order valence-corrected chi connectivity index (χ2v) is 7.71. The van der Waals surface area contributed by atoms with Crippen molar-refractivity contribution in [3.8, 4) is 0 Å². The minimum atomic E-state index is -0.554. The topological polar surface area (TPSA) is 65.0 Å². The van der Waals surface area contributed by atoms with Crippen LogP contribution in [0.3, 0.4) is 0 Å². The Balaban J connectivity index is 2.76. The van der Waals surface area contributed by atoms with E-state index < -0.39 is 5.60 Å². The molecule has 1 aromatic carbocycles. The summed E-state index contributed by atoms with van der Waals surface area (Å²) in [4.78, 5) is 11.4. The summed E-state index contributed by atoms with van der Waals surface area (Å²) in [5.74, 6) is -0.353. The van der Waals surface area contributed by atoms with Crippen LogP contribution in [0.5, 0.6) is 0 Å². The summed E-state index contributed by atoms with van der Waals surface area (Å²) >= 11 is 2.20. The maximum atomic E-state index is 11.4. The number of carbonyl (C=O) groups is 1. The Morgan fingerprint density at radius 3 is 2.84 bits per heavy atom. The number of hydrogen-bond donors (Lipinski definition) is 1. The highest BCUT2D eigenvalue weighted by molar-refractivity contribution is 14.2. The van der Waals surface area contributed by atoms with Crippen molar-refractivity contribution in [3.63, 3.8) is 0 Å². The summed E-state index contributed by atoms with van der Waals surface area (Å²) in [7, 11) is 0. The predicted molar refractivity (Wildman–Crippen MR) is 110 cm³/mol. The van der Waals surface area contributed by atoms with Crippen LogP contribution in [0.15, 0.2) is 30.3 Å². The number of ether oxygens (including phenoxy) is 2. The Morgan fingerprint density at radius 2 is 2.20 bits per heavy atom. The molecule has 5 nitrogen and oxygen atoms in total. The van der Waals surface area contributed by atoms with E-state index in [4.69, 9.17) is 14.0 Å². The molecule has 0 saturated carbocycles. The Labute approximate surface area is 164 Å². The lowest BCUT2D eigenvalue weighted by molar-refractivity contribution is -0.137. The fourth-order valence-corrected chi connectivity index (χ4v) is 3.34. The third-order valence-corrected chi connectivity index (χ3v) is 4.56. The van der Waals surface area contributed by atoms with Crippen molar-refractivity contribution in [2.75, 3.05) is 19.8 Å². The lowest BCUT2D eigenvalue weighted by Gasteiger charge is -2.24. The lowest BCUT2D eigenvalue weighted by atomic mass is 10.0. The highest BCUT2D eigenvalue weighted by Gasteiger charge is 2.19. The van der Waals surface area contributed by atoms with Crippen LogP contribution >= 0.6 is 28.5 Å². The van der Waals surface area contributed by atoms with E-state index in [9.17, 15) is 9.90 Å². The van der Waals surface area contributed by atoms with Crippen LogP contribution in [0.2, 0.25) is 0 Å². The molecule has 0 aliphatic rings. The second kappa shape index (κ2) is 12.0. The average Bonchev–Trinajstić information content (AvgIpc) is 2.60. The minimum absolute atomic E-state index is 0.0271. The molecule has 1 N–H and O–H groups in total. The van der Waals surface area contributed by atoms with Crippen LogP contribution in [0.25, 0.3) is 6.08 Å². The third kappa shape index (κ3) is 9.11. The number of aliphatic hydroxyl groups excluding tert-OH is 1. The molecule has 0 aliphatic carbocycles. The molecule has 140 valence electrons. The van der Waals surface area contributed by atoms with Crippen molar-refractivity contribution in [1.82, 2.24) is 0 Å². The number of rotatable bonds is 11. The Hall–Kier alpha value is -0.530. The van der Waals surface area contributed by atoms with Gasteiger partial charge in [-0.05, 0) is 66.1 Å². The van der Waals surface area contributed by atoms with Crippen molar-refractivity contribution >= 4 is 40.5 Å². The molecule has 25 heavy (non-hydrogen) atoms. The summed E-state index contributed by atoms with van der Waals surface area (Å²) in [5.41, 5.74) is 1.38. The summed E-state index contributed by atoms with van der Waals surface area (Å²) in [5, 5.41) is 9.26. The van der Waals surface area contributed by atoms with Gasteiger partial charge in [-0.25, -0.2) is 4.79 Å². The van der Waals surface area contributed by atoms with Crippen molar-refractivity contribution in [3.05, 3.63) is 41.5 Å². The number of esters is 1. The van der Waals surface area contributed by atoms with Crippen LogP contribution in [-0.2, 0) is 18.8 Å². The van der Waals surface area contributed by atoms with Gasteiger partial charge in [-0.1, -0.05) is 18.2 Å². The number of halogens is 1. The highest BCUT2D eigenvalue weighted by atomic mass is 127. The molecule has 2 unspecified atom stereocenters. The van der Waals surface area contributed by atoms with Crippen LogP contribution < -0.4 is 0 Å². The summed E-state index contributed by atoms with van der Waals surface area (Å²) in [6.07, 6.45) is 3.74. The minimum Gasteiger partial charge on any atom is -0.463 e. The van der Waals surface area contributed by atoms with Gasteiger partial charge in [0.1, 0.15) is 0 Å². The van der Waals surface area contributed by atoms with Gasteiger partial charge in [0.05, 0.1) is 38.0 Å². The van der Waals surface area contributed by atoms with E-state index in [0.717, 1.165) is 11.1 Å². The van der Waals surface area contributed by atoms with Crippen molar-refractivity contribution < 1.29 is 23.9 Å². The molecule has 0 radical (unpaired) electrons. The molecule has 0 fully saturated rings. The number of carbonyl (C=O) groups excluding carboxylic acids is 1. The van der Waals surface area contributed by atoms with Gasteiger partial charge in [0, 0.05) is 12.5 Å². The molecule has 7 heteroatoms. The molecular weight excluding hydrogens is 454 g/mol. The maximum absolute atomic E-state index is 11.4. The van der Waals surface area contributed by atoms with E-state index >= 15 is 0 Å². The zero-order valence-electron chi connectivity index (χ0n) is 14.8. The van der Waals surface area contributed by atoms with Crippen molar-refractivity contribution in [2.24, 2.45) is 0 Å². The van der Waals surface area contributed by atoms with E-state index in [-0.39, 0.29) is 18.7 Å². The maximum Gasteiger partial charge on any atom is 0.330 e. The first kappa shape index (κ1) is 22.5. The van der Waals surface area contributed by atoms with Gasteiger partial charge in [-0.15, -0.1) is 0 Å². The Kier molecular flexibility index (Phi) is 10.8. The highest BCUT2D eigenvalue weighted by Crippen LogP contribution is 2.34. The van der Waals surface area contributed by atoms with Gasteiger partial charge in [0.25, 0.3) is 0 Å². The zero-order chi connectivity index (χ0) is 18.7. The molecule has 0 aromatic heterocycles. The zero-order valence-corrected chi connectivity index (χ0v) is 18.0. The predicted octanol–water partition coefficient (Wildman–Crippen LogP) is 4.44. The number of aliphatic hydroxyl groups is 1. The van der Waals surface area contributed by atoms with Gasteiger partial charge in [-0.3, -0.25) is 0 Å². The lowest BCUT2D eigenvalue weighted by Crippen LogP contribution is -2.29. The molecule has 0 saturated heterocycles. The summed E-state index contributed by atoms with van der Waals surface area (Å²) in [6, 6.07) is 7.86. The first-order chi connectivity index (χ1) is 11.9. The molecule has 0 bridgehead atoms. The van der Waals surface area contributed by atoms with Gasteiger partial charge >= 0.3 is 5.97 Å². The van der Waals surface area contributed by atoms with E-state index in [0.29, 0.717) is 26.1 Å². The standard InChI is InChI=1S/C18H26IO5P/c1-4-22-17(21)9-8-14-6-5-7-15(12-14)16(24-25-19)10-11-23-18(2,3)13-20/h5-9,12,16,20,25H,4,10-11,13H2,1-3H3/b9-8+. The van der Waals surface area contributed by atoms with E-state index in [2.05, 4.69) is 22.0 Å². The normalized spacial score (nSPS) is 13.6. The first-order valence-corrected chi connectivity index (χ1v) is 12.1. The van der Waals surface area contributed by atoms with Gasteiger partial charge in [0.15, 0.2) is 0 Å². The van der Waals surface area contributed by atoms with Crippen molar-refractivity contribution in [2.45, 2.75) is 38.9 Å². The molecule has 1 rings (SSSR count). The fourth-order valence-electron chi connectivity index (χ4n) is 2.05. The quantitative estimate of drug-likeness (QED) is 0.220. The Morgan fingerprint density at radius 1 is 1.44 bits per heavy atom. The number of hydrogen-bond acceptors (Lipinski definition) is 5. The average molecular weight is 480 g/mol. The SMILES string of the molecule is CCOC(=O)/C=C/c1cccc(C(CCOC(C)(C)CO)OPI)c1. The van der Waals surface area contributed by atoms with Crippen LogP contribution in [0.1, 0.15) is 44.4 Å². The molecule has 0 aliphatic heterocycles. The van der Waals surface area contributed by atoms with Gasteiger partial charge in [-0.2, -0.15) is 0 Å². The molecule has 2 atom stereocenters. The van der Waals surface area contributed by atoms with E-state index in [1.54, 1.807) is 13.0 Å². The van der Waals surface area contributed by atoms with Crippen LogP contribution in [0.4, 0.5) is 0 Å². The van der Waals surface area contributed by atoms with Crippen LogP contribution in [0, 0.1) is 0 Å². The van der Waals surface area contributed by atoms with E-state index in [1.165, 1.54) is 6.08 Å². The largest absolute Gasteiger partial charge is 0.463 e. The van der Waals surface area contributed by atoms with Gasteiger partial charge in [0.2, 0.25) is 0 Å². The van der Waals surface area contributed by atoms with E-state index in [1.807, 2.05) is 38.1 Å². The fraction of sp³-hybridized carbons (Fsp3) is 0.500.